The summed E-state index contributed by atoms with van der Waals surface area (Å²) in [6.45, 7) is 6.33. The number of nitrogens with zero attached hydrogens (tertiary/aromatic N) is 6. The van der Waals surface area contributed by atoms with Gasteiger partial charge in [0.2, 0.25) is 11.8 Å². The molecule has 0 atom stereocenters. The number of hydrogen-bond acceptors (Lipinski definition) is 9. The number of likely N-dealkylation sites (tertiary alicyclic amines) is 1. The number of alkyl carbamates (subject to hydrolysis) is 1. The van der Waals surface area contributed by atoms with E-state index < -0.39 is 53.2 Å². The standard InChI is InChI=1S/C33H39ClFN9O7/c1-32(2,3)51-30(49)39-16-25(45)36-9-10-41-11-12-43(31(41)50)24-15-37-27-23(40-24)13-22(28(47)38-14-20-5-7-21(34)8-6-20)29(48)44(27)17-26(46)42-18-33(4,35)19-42/h5-8,13,15H,9-12,14,16-19H2,1-4H3,(H,36,45)(H,38,47)(H,39,49). The number of urea groups is 1. The van der Waals surface area contributed by atoms with E-state index in [9.17, 15) is 33.2 Å². The predicted octanol–water partition coefficient (Wildman–Crippen LogP) is 1.83. The molecule has 2 aliphatic rings. The summed E-state index contributed by atoms with van der Waals surface area (Å²) in [5.41, 5.74) is -2.52. The fourth-order valence-electron chi connectivity index (χ4n) is 5.47. The van der Waals surface area contributed by atoms with E-state index in [1.165, 1.54) is 33.9 Å². The van der Waals surface area contributed by atoms with Gasteiger partial charge in [0.1, 0.15) is 28.9 Å². The Kier molecular flexibility index (Phi) is 10.8. The van der Waals surface area contributed by atoms with Gasteiger partial charge < -0.3 is 30.5 Å². The normalized spacial score (nSPS) is 15.4. The number of halogens is 2. The number of nitrogens with one attached hydrogen (secondary N) is 3. The summed E-state index contributed by atoms with van der Waals surface area (Å²) in [4.78, 5) is 90.3. The first-order valence-electron chi connectivity index (χ1n) is 16.2. The Balaban J connectivity index is 1.30. The van der Waals surface area contributed by atoms with E-state index >= 15 is 0 Å². The van der Waals surface area contributed by atoms with Crippen LogP contribution in [0.2, 0.25) is 5.02 Å². The first kappa shape index (κ1) is 36.9. The second kappa shape index (κ2) is 14.9. The van der Waals surface area contributed by atoms with Crippen LogP contribution in [0.4, 0.5) is 19.8 Å². The van der Waals surface area contributed by atoms with E-state index in [0.717, 1.165) is 10.1 Å². The van der Waals surface area contributed by atoms with E-state index in [4.69, 9.17) is 16.3 Å². The first-order valence-corrected chi connectivity index (χ1v) is 16.6. The van der Waals surface area contributed by atoms with Crippen LogP contribution >= 0.6 is 11.6 Å². The van der Waals surface area contributed by atoms with E-state index in [2.05, 4.69) is 25.9 Å². The maximum atomic E-state index is 14.1. The van der Waals surface area contributed by atoms with Crippen molar-refractivity contribution in [2.75, 3.05) is 50.7 Å². The lowest BCUT2D eigenvalue weighted by molar-refractivity contribution is -0.144. The molecule has 4 heterocycles. The summed E-state index contributed by atoms with van der Waals surface area (Å²) in [5, 5.41) is 8.22. The number of ether oxygens (including phenoxy) is 1. The third kappa shape index (κ3) is 9.27. The molecule has 51 heavy (non-hydrogen) atoms. The predicted molar refractivity (Wildman–Crippen MR) is 184 cm³/mol. The van der Waals surface area contributed by atoms with Crippen molar-refractivity contribution in [3.05, 3.63) is 63.0 Å². The van der Waals surface area contributed by atoms with Crippen LogP contribution in [0, 0.1) is 0 Å². The highest BCUT2D eigenvalue weighted by Crippen LogP contribution is 2.25. The first-order chi connectivity index (χ1) is 24.0. The van der Waals surface area contributed by atoms with E-state index in [1.54, 1.807) is 45.0 Å². The highest BCUT2D eigenvalue weighted by atomic mass is 35.5. The molecule has 2 aromatic heterocycles. The fourth-order valence-corrected chi connectivity index (χ4v) is 5.60. The molecule has 0 unspecified atom stereocenters. The molecule has 0 radical (unpaired) electrons. The largest absolute Gasteiger partial charge is 0.444 e. The van der Waals surface area contributed by atoms with Crippen LogP contribution in [0.15, 0.2) is 41.3 Å². The van der Waals surface area contributed by atoms with Gasteiger partial charge in [-0.1, -0.05) is 23.7 Å². The average molecular weight is 728 g/mol. The van der Waals surface area contributed by atoms with Gasteiger partial charge in [-0.15, -0.1) is 0 Å². The molecule has 3 N–H and O–H groups in total. The van der Waals surface area contributed by atoms with Crippen LogP contribution in [0.3, 0.4) is 0 Å². The lowest BCUT2D eigenvalue weighted by atomic mass is 9.99. The van der Waals surface area contributed by atoms with Crippen LogP contribution in [-0.4, -0.2) is 111 Å². The van der Waals surface area contributed by atoms with Crippen LogP contribution < -0.4 is 26.4 Å². The van der Waals surface area contributed by atoms with Crippen molar-refractivity contribution in [1.82, 2.24) is 40.3 Å². The Morgan fingerprint density at radius 1 is 1.04 bits per heavy atom. The fraction of sp³-hybridized carbons (Fsp3) is 0.455. The molecular weight excluding hydrogens is 689 g/mol. The Labute approximate surface area is 297 Å². The molecule has 0 saturated carbocycles. The number of hydrogen-bond donors (Lipinski definition) is 3. The molecular formula is C33H39ClFN9O7. The van der Waals surface area contributed by atoms with E-state index in [-0.39, 0.29) is 68.4 Å². The number of aromatic nitrogens is 3. The molecule has 5 rings (SSSR count). The zero-order chi connectivity index (χ0) is 37.1. The number of fused-ring (bicyclic) bond motifs is 1. The third-order valence-corrected chi connectivity index (χ3v) is 8.20. The molecule has 3 aromatic rings. The quantitative estimate of drug-likeness (QED) is 0.265. The average Bonchev–Trinajstić information content (AvgIpc) is 3.41. The Morgan fingerprint density at radius 2 is 1.75 bits per heavy atom. The minimum absolute atomic E-state index is 0.00101. The molecule has 272 valence electrons. The van der Waals surface area contributed by atoms with Gasteiger partial charge in [0, 0.05) is 37.7 Å². The van der Waals surface area contributed by atoms with Crippen LogP contribution in [0.1, 0.15) is 43.6 Å². The molecule has 2 aliphatic heterocycles. The van der Waals surface area contributed by atoms with Crippen LogP contribution in [0.25, 0.3) is 11.2 Å². The van der Waals surface area contributed by atoms with Gasteiger partial charge in [-0.05, 0) is 51.5 Å². The monoisotopic (exact) mass is 727 g/mol. The maximum Gasteiger partial charge on any atom is 0.408 e. The number of anilines is 1. The lowest BCUT2D eigenvalue weighted by Crippen LogP contribution is -2.60. The second-order valence-corrected chi connectivity index (χ2v) is 13.9. The molecule has 0 aliphatic carbocycles. The summed E-state index contributed by atoms with van der Waals surface area (Å²) >= 11 is 5.95. The minimum atomic E-state index is -1.53. The number of benzene rings is 1. The molecule has 1 aromatic carbocycles. The van der Waals surface area contributed by atoms with E-state index in [1.807, 2.05) is 0 Å². The topological polar surface area (TPSA) is 188 Å². The number of pyridine rings is 1. The lowest BCUT2D eigenvalue weighted by Gasteiger charge is -2.42. The van der Waals surface area contributed by atoms with Gasteiger partial charge in [0.15, 0.2) is 11.5 Å². The number of rotatable bonds is 11. The van der Waals surface area contributed by atoms with Crippen molar-refractivity contribution >= 4 is 58.4 Å². The van der Waals surface area contributed by atoms with Crippen LogP contribution in [-0.2, 0) is 27.4 Å². The molecule has 0 bridgehead atoms. The zero-order valence-corrected chi connectivity index (χ0v) is 29.4. The van der Waals surface area contributed by atoms with Crippen molar-refractivity contribution in [2.45, 2.75) is 52.1 Å². The zero-order valence-electron chi connectivity index (χ0n) is 28.6. The molecule has 18 heteroatoms. The summed E-state index contributed by atoms with van der Waals surface area (Å²) in [7, 11) is 0. The van der Waals surface area contributed by atoms with Crippen molar-refractivity contribution in [3.8, 4) is 0 Å². The van der Waals surface area contributed by atoms with Crippen LogP contribution in [0.5, 0.6) is 0 Å². The Morgan fingerprint density at radius 3 is 2.41 bits per heavy atom. The molecule has 16 nitrogen and oxygen atoms in total. The van der Waals surface area contributed by atoms with Gasteiger partial charge in [0.05, 0.1) is 25.8 Å². The molecule has 6 amide bonds. The Hall–Kier alpha value is -5.32. The molecule has 0 spiro atoms. The van der Waals surface area contributed by atoms with Gasteiger partial charge in [-0.25, -0.2) is 23.9 Å². The van der Waals surface area contributed by atoms with Gasteiger partial charge in [-0.2, -0.15) is 0 Å². The summed E-state index contributed by atoms with van der Waals surface area (Å²) in [6, 6.07) is 7.61. The summed E-state index contributed by atoms with van der Waals surface area (Å²) in [6.07, 6.45) is 0.561. The molecule has 2 fully saturated rings. The highest BCUT2D eigenvalue weighted by molar-refractivity contribution is 6.30. The van der Waals surface area contributed by atoms with Crippen molar-refractivity contribution < 1.29 is 33.1 Å². The SMILES string of the molecule is CC1(F)CN(C(=O)Cn2c(=O)c(C(=O)NCc3ccc(Cl)cc3)cc3nc(N4CCN(CCNC(=O)CNC(=O)OC(C)(C)C)C4=O)cnc32)C1. The number of carbonyl (C=O) groups excluding carboxylic acids is 5. The number of alkyl halides is 1. The van der Waals surface area contributed by atoms with Gasteiger partial charge in [-0.3, -0.25) is 28.6 Å². The number of amides is 6. The highest BCUT2D eigenvalue weighted by Gasteiger charge is 2.41. The van der Waals surface area contributed by atoms with Crippen molar-refractivity contribution in [2.24, 2.45) is 0 Å². The molecule has 2 saturated heterocycles. The minimum Gasteiger partial charge on any atom is -0.444 e. The summed E-state index contributed by atoms with van der Waals surface area (Å²) in [5.74, 6) is -1.58. The summed E-state index contributed by atoms with van der Waals surface area (Å²) < 4.78 is 20.3. The van der Waals surface area contributed by atoms with Gasteiger partial charge in [0.25, 0.3) is 11.5 Å². The third-order valence-electron chi connectivity index (χ3n) is 7.94. The van der Waals surface area contributed by atoms with Crippen molar-refractivity contribution in [1.29, 1.82) is 0 Å². The second-order valence-electron chi connectivity index (χ2n) is 13.5. The van der Waals surface area contributed by atoms with Crippen molar-refractivity contribution in [3.63, 3.8) is 0 Å². The smallest absolute Gasteiger partial charge is 0.408 e. The maximum absolute atomic E-state index is 14.1. The Bertz CT molecular complexity index is 1910. The van der Waals surface area contributed by atoms with E-state index in [0.29, 0.717) is 11.6 Å². The number of carbonyl (C=O) groups is 5. The van der Waals surface area contributed by atoms with Gasteiger partial charge >= 0.3 is 12.1 Å².